The summed E-state index contributed by atoms with van der Waals surface area (Å²) in [6.45, 7) is 0. The molecule has 0 aliphatic heterocycles. The number of hydrogen-bond acceptors (Lipinski definition) is 6. The van der Waals surface area contributed by atoms with E-state index >= 15 is 0 Å². The highest BCUT2D eigenvalue weighted by Crippen LogP contribution is 2.03. The summed E-state index contributed by atoms with van der Waals surface area (Å²) in [6, 6.07) is 1.32. The third kappa shape index (κ3) is 2.48. The molecular formula is C7H7NO5. The highest BCUT2D eigenvalue weighted by Gasteiger charge is 2.21. The Morgan fingerprint density at radius 3 is 2.00 bits per heavy atom. The number of hydrogen-bond donors (Lipinski definition) is 1. The Balaban J connectivity index is 5.04. The Labute approximate surface area is 74.0 Å². The molecule has 0 aromatic rings. The van der Waals surface area contributed by atoms with Crippen molar-refractivity contribution in [2.24, 2.45) is 0 Å². The van der Waals surface area contributed by atoms with Gasteiger partial charge in [0.25, 0.3) is 0 Å². The van der Waals surface area contributed by atoms with Gasteiger partial charge >= 0.3 is 11.9 Å². The van der Waals surface area contributed by atoms with Crippen LogP contribution in [0.1, 0.15) is 0 Å². The second kappa shape index (κ2) is 4.77. The van der Waals surface area contributed by atoms with Crippen LogP contribution in [0.15, 0.2) is 11.3 Å². The first kappa shape index (κ1) is 11.0. The molecule has 0 saturated carbocycles. The number of esters is 2. The van der Waals surface area contributed by atoms with Crippen molar-refractivity contribution in [3.8, 4) is 6.07 Å². The predicted molar refractivity (Wildman–Crippen MR) is 39.3 cm³/mol. The van der Waals surface area contributed by atoms with Crippen LogP contribution in [0.25, 0.3) is 0 Å². The Bertz CT molecular complexity index is 298. The van der Waals surface area contributed by atoms with E-state index in [2.05, 4.69) is 9.47 Å². The van der Waals surface area contributed by atoms with Crippen molar-refractivity contribution in [3.05, 3.63) is 11.3 Å². The molecule has 0 rings (SSSR count). The fourth-order valence-corrected chi connectivity index (χ4v) is 0.496. The summed E-state index contributed by atoms with van der Waals surface area (Å²) in [4.78, 5) is 21.4. The molecule has 70 valence electrons. The highest BCUT2D eigenvalue weighted by atomic mass is 16.5. The first-order valence-corrected chi connectivity index (χ1v) is 3.08. The standard InChI is InChI=1S/C7H7NO5/c1-12-6(10)4(3-8)5(9)7(11)13-2/h9H,1-2H3/b5-4+. The highest BCUT2D eigenvalue weighted by molar-refractivity contribution is 6.01. The molecule has 1 N–H and O–H groups in total. The molecule has 0 saturated heterocycles. The van der Waals surface area contributed by atoms with Gasteiger partial charge in [0.15, 0.2) is 5.57 Å². The zero-order valence-electron chi connectivity index (χ0n) is 7.03. The van der Waals surface area contributed by atoms with Crippen LogP contribution in [0.5, 0.6) is 0 Å². The smallest absolute Gasteiger partial charge is 0.374 e. The maximum atomic E-state index is 10.7. The van der Waals surface area contributed by atoms with Crippen molar-refractivity contribution in [1.29, 1.82) is 5.26 Å². The minimum Gasteiger partial charge on any atom is -0.501 e. The molecule has 0 radical (unpaired) electrons. The summed E-state index contributed by atoms with van der Waals surface area (Å²) >= 11 is 0. The lowest BCUT2D eigenvalue weighted by molar-refractivity contribution is -0.141. The van der Waals surface area contributed by atoms with E-state index < -0.39 is 23.3 Å². The molecule has 0 bridgehead atoms. The van der Waals surface area contributed by atoms with Crippen LogP contribution in [0.4, 0.5) is 0 Å². The van der Waals surface area contributed by atoms with Gasteiger partial charge in [0.05, 0.1) is 14.2 Å². The van der Waals surface area contributed by atoms with Crippen LogP contribution in [0, 0.1) is 11.3 Å². The number of nitrogens with zero attached hydrogens (tertiary/aromatic N) is 1. The van der Waals surface area contributed by atoms with E-state index in [4.69, 9.17) is 10.4 Å². The number of aliphatic hydroxyl groups is 1. The van der Waals surface area contributed by atoms with E-state index in [-0.39, 0.29) is 0 Å². The van der Waals surface area contributed by atoms with E-state index in [9.17, 15) is 9.59 Å². The van der Waals surface area contributed by atoms with Gasteiger partial charge in [0, 0.05) is 0 Å². The van der Waals surface area contributed by atoms with E-state index in [0.29, 0.717) is 0 Å². The van der Waals surface area contributed by atoms with E-state index in [1.165, 1.54) is 6.07 Å². The lowest BCUT2D eigenvalue weighted by Crippen LogP contribution is -2.13. The third-order valence-electron chi connectivity index (χ3n) is 1.12. The van der Waals surface area contributed by atoms with E-state index in [1.807, 2.05) is 0 Å². The van der Waals surface area contributed by atoms with Gasteiger partial charge in [-0.3, -0.25) is 0 Å². The van der Waals surface area contributed by atoms with Gasteiger partial charge in [0.2, 0.25) is 5.76 Å². The summed E-state index contributed by atoms with van der Waals surface area (Å²) in [5.41, 5.74) is -0.783. The number of carbonyl (C=O) groups excluding carboxylic acids is 2. The third-order valence-corrected chi connectivity index (χ3v) is 1.12. The topological polar surface area (TPSA) is 96.6 Å². The van der Waals surface area contributed by atoms with Crippen LogP contribution < -0.4 is 0 Å². The SMILES string of the molecule is COC(=O)/C(O)=C(/C#N)C(=O)OC. The number of nitriles is 1. The molecule has 0 unspecified atom stereocenters. The molecule has 0 aliphatic rings. The van der Waals surface area contributed by atoms with Crippen molar-refractivity contribution in [2.45, 2.75) is 0 Å². The summed E-state index contributed by atoms with van der Waals surface area (Å²) in [5.74, 6) is -3.32. The normalized spacial score (nSPS) is 10.8. The number of ether oxygens (including phenoxy) is 2. The quantitative estimate of drug-likeness (QED) is 0.274. The van der Waals surface area contributed by atoms with Crippen molar-refractivity contribution in [2.75, 3.05) is 14.2 Å². The van der Waals surface area contributed by atoms with Crippen molar-refractivity contribution in [1.82, 2.24) is 0 Å². The van der Waals surface area contributed by atoms with Gasteiger partial charge in [0.1, 0.15) is 6.07 Å². The number of methoxy groups -OCH3 is 2. The Hall–Kier alpha value is -2.03. The number of aliphatic hydroxyl groups excluding tert-OH is 1. The summed E-state index contributed by atoms with van der Waals surface area (Å²) in [6.07, 6.45) is 0. The van der Waals surface area contributed by atoms with Gasteiger partial charge in [-0.2, -0.15) is 5.26 Å². The number of rotatable bonds is 2. The first-order valence-electron chi connectivity index (χ1n) is 3.08. The monoisotopic (exact) mass is 185 g/mol. The fourth-order valence-electron chi connectivity index (χ4n) is 0.496. The molecule has 0 aromatic heterocycles. The minimum absolute atomic E-state index is 0.783. The van der Waals surface area contributed by atoms with Gasteiger partial charge in [-0.25, -0.2) is 9.59 Å². The zero-order chi connectivity index (χ0) is 10.4. The van der Waals surface area contributed by atoms with Gasteiger partial charge in [-0.1, -0.05) is 0 Å². The maximum Gasteiger partial charge on any atom is 0.374 e. The second-order valence-corrected chi connectivity index (χ2v) is 1.82. The summed E-state index contributed by atoms with van der Waals surface area (Å²) in [7, 11) is 2.02. The first-order chi connectivity index (χ1) is 6.08. The van der Waals surface area contributed by atoms with Gasteiger partial charge in [-0.05, 0) is 0 Å². The minimum atomic E-state index is -1.16. The van der Waals surface area contributed by atoms with Crippen LogP contribution in [0.3, 0.4) is 0 Å². The molecule has 0 fully saturated rings. The van der Waals surface area contributed by atoms with Crippen LogP contribution in [-0.2, 0) is 19.1 Å². The van der Waals surface area contributed by atoms with Crippen LogP contribution in [-0.4, -0.2) is 31.3 Å². The lowest BCUT2D eigenvalue weighted by atomic mass is 10.2. The molecule has 0 aliphatic carbocycles. The summed E-state index contributed by atoms with van der Waals surface area (Å²) < 4.78 is 8.22. The average Bonchev–Trinajstić information content (AvgIpc) is 2.17. The summed E-state index contributed by atoms with van der Waals surface area (Å²) in [5, 5.41) is 17.3. The molecule has 0 spiro atoms. The molecule has 0 amide bonds. The molecule has 0 aromatic carbocycles. The van der Waals surface area contributed by atoms with E-state index in [0.717, 1.165) is 14.2 Å². The molecular weight excluding hydrogens is 178 g/mol. The van der Waals surface area contributed by atoms with Crippen molar-refractivity contribution < 1.29 is 24.2 Å². The second-order valence-electron chi connectivity index (χ2n) is 1.82. The van der Waals surface area contributed by atoms with Crippen molar-refractivity contribution in [3.63, 3.8) is 0 Å². The Morgan fingerprint density at radius 2 is 1.69 bits per heavy atom. The molecule has 0 heterocycles. The van der Waals surface area contributed by atoms with Gasteiger partial charge < -0.3 is 14.6 Å². The zero-order valence-corrected chi connectivity index (χ0v) is 7.03. The molecule has 13 heavy (non-hydrogen) atoms. The van der Waals surface area contributed by atoms with Gasteiger partial charge in [-0.15, -0.1) is 0 Å². The lowest BCUT2D eigenvalue weighted by Gasteiger charge is -1.99. The molecule has 6 heteroatoms. The molecule has 0 atom stereocenters. The fraction of sp³-hybridized carbons (Fsp3) is 0.286. The Morgan fingerprint density at radius 1 is 1.23 bits per heavy atom. The maximum absolute atomic E-state index is 10.7. The largest absolute Gasteiger partial charge is 0.501 e. The number of carbonyl (C=O) groups is 2. The average molecular weight is 185 g/mol. The Kier molecular flexibility index (Phi) is 4.02. The van der Waals surface area contributed by atoms with E-state index in [1.54, 1.807) is 0 Å². The van der Waals surface area contributed by atoms with Crippen molar-refractivity contribution >= 4 is 11.9 Å². The van der Waals surface area contributed by atoms with Crippen LogP contribution in [0.2, 0.25) is 0 Å². The van der Waals surface area contributed by atoms with Crippen LogP contribution >= 0.6 is 0 Å². The predicted octanol–water partition coefficient (Wildman–Crippen LogP) is -0.332. The molecule has 6 nitrogen and oxygen atoms in total.